The summed E-state index contributed by atoms with van der Waals surface area (Å²) >= 11 is 5.75. The highest BCUT2D eigenvalue weighted by Gasteiger charge is 2.08. The largest absolute Gasteiger partial charge is 0.507 e. The minimum absolute atomic E-state index is 0.0940. The van der Waals surface area contributed by atoms with Gasteiger partial charge in [0.2, 0.25) is 0 Å². The van der Waals surface area contributed by atoms with E-state index >= 15 is 0 Å². The zero-order valence-electron chi connectivity index (χ0n) is 8.76. The minimum Gasteiger partial charge on any atom is -0.507 e. The third-order valence-corrected chi connectivity index (χ3v) is 2.40. The molecule has 1 aromatic carbocycles. The van der Waals surface area contributed by atoms with Gasteiger partial charge in [-0.25, -0.2) is 0 Å². The molecule has 17 heavy (non-hydrogen) atoms. The van der Waals surface area contributed by atoms with Crippen molar-refractivity contribution in [3.05, 3.63) is 59.0 Å². The number of rotatable bonds is 3. The fourth-order valence-corrected chi connectivity index (χ4v) is 1.51. The van der Waals surface area contributed by atoms with Crippen molar-refractivity contribution in [2.75, 3.05) is 0 Å². The Morgan fingerprint density at radius 3 is 2.88 bits per heavy atom. The molecule has 0 bridgehead atoms. The van der Waals surface area contributed by atoms with E-state index in [-0.39, 0.29) is 17.1 Å². The minimum atomic E-state index is -0.332. The summed E-state index contributed by atoms with van der Waals surface area (Å²) in [7, 11) is 0. The number of carbonyl (C=O) groups excluding carboxylic acids is 1. The van der Waals surface area contributed by atoms with Gasteiger partial charge >= 0.3 is 0 Å². The van der Waals surface area contributed by atoms with Crippen LogP contribution in [0.2, 0.25) is 5.02 Å². The second-order valence-corrected chi connectivity index (χ2v) is 3.81. The Hall–Kier alpha value is -2.00. The average molecular weight is 249 g/mol. The first kappa shape index (κ1) is 11.5. The third-order valence-electron chi connectivity index (χ3n) is 2.17. The summed E-state index contributed by atoms with van der Waals surface area (Å²) in [5, 5.41) is 9.93. The average Bonchev–Trinajstić information content (AvgIpc) is 2.82. The number of benzene rings is 1. The number of ketones is 1. The highest BCUT2D eigenvalue weighted by molar-refractivity contribution is 6.31. The number of allylic oxidation sites excluding steroid dienone is 1. The molecule has 0 spiro atoms. The molecule has 0 fully saturated rings. The predicted octanol–water partition coefficient (Wildman–Crippen LogP) is 3.53. The first-order chi connectivity index (χ1) is 8.16. The van der Waals surface area contributed by atoms with Crippen molar-refractivity contribution < 1.29 is 14.3 Å². The zero-order valence-corrected chi connectivity index (χ0v) is 9.52. The Balaban J connectivity index is 2.23. The van der Waals surface area contributed by atoms with E-state index in [0.717, 1.165) is 0 Å². The van der Waals surface area contributed by atoms with Gasteiger partial charge in [0.05, 0.1) is 11.8 Å². The third kappa shape index (κ3) is 2.77. The lowest BCUT2D eigenvalue weighted by atomic mass is 10.1. The van der Waals surface area contributed by atoms with Crippen LogP contribution in [0.25, 0.3) is 6.08 Å². The van der Waals surface area contributed by atoms with Crippen LogP contribution in [-0.2, 0) is 0 Å². The molecule has 0 saturated carbocycles. The van der Waals surface area contributed by atoms with Gasteiger partial charge in [0.25, 0.3) is 0 Å². The summed E-state index contributed by atoms with van der Waals surface area (Å²) in [6.45, 7) is 0. The number of furan rings is 1. The highest BCUT2D eigenvalue weighted by atomic mass is 35.5. The highest BCUT2D eigenvalue weighted by Crippen LogP contribution is 2.22. The monoisotopic (exact) mass is 248 g/mol. The number of aromatic hydroxyl groups is 1. The first-order valence-corrected chi connectivity index (χ1v) is 5.29. The summed E-state index contributed by atoms with van der Waals surface area (Å²) in [6.07, 6.45) is 4.37. The van der Waals surface area contributed by atoms with Gasteiger partial charge < -0.3 is 9.52 Å². The van der Waals surface area contributed by atoms with E-state index in [1.54, 1.807) is 12.1 Å². The molecule has 1 heterocycles. The van der Waals surface area contributed by atoms with Crippen LogP contribution in [0, 0.1) is 0 Å². The summed E-state index contributed by atoms with van der Waals surface area (Å²) in [4.78, 5) is 11.8. The molecule has 0 saturated heterocycles. The van der Waals surface area contributed by atoms with Crippen molar-refractivity contribution in [3.63, 3.8) is 0 Å². The van der Waals surface area contributed by atoms with E-state index < -0.39 is 0 Å². The van der Waals surface area contributed by atoms with Gasteiger partial charge in [-0.3, -0.25) is 4.79 Å². The quantitative estimate of drug-likeness (QED) is 0.668. The second kappa shape index (κ2) is 4.89. The zero-order chi connectivity index (χ0) is 12.3. The maximum atomic E-state index is 11.8. The molecule has 1 N–H and O–H groups in total. The fraction of sp³-hybridized carbons (Fsp3) is 0. The molecule has 0 atom stereocenters. The molecule has 1 aromatic heterocycles. The standard InChI is InChI=1S/C13H9ClO3/c14-9-3-5-12(15)11(8-9)13(16)6-4-10-2-1-7-17-10/h1-8,15H/b6-4-. The summed E-state index contributed by atoms with van der Waals surface area (Å²) in [5.41, 5.74) is 0.167. The van der Waals surface area contributed by atoms with Crippen LogP contribution in [0.4, 0.5) is 0 Å². The Morgan fingerprint density at radius 1 is 1.35 bits per heavy atom. The van der Waals surface area contributed by atoms with E-state index in [9.17, 15) is 9.90 Å². The molecule has 0 amide bonds. The summed E-state index contributed by atoms with van der Waals surface area (Å²) in [6, 6.07) is 7.77. The lowest BCUT2D eigenvalue weighted by Gasteiger charge is -2.00. The molecule has 0 aliphatic heterocycles. The molecule has 4 heteroatoms. The Bertz CT molecular complexity index is 556. The lowest BCUT2D eigenvalue weighted by Crippen LogP contribution is -1.94. The van der Waals surface area contributed by atoms with Crippen LogP contribution < -0.4 is 0 Å². The smallest absolute Gasteiger partial charge is 0.189 e. The molecule has 2 aromatic rings. The molecule has 0 aliphatic rings. The van der Waals surface area contributed by atoms with Crippen LogP contribution in [0.1, 0.15) is 16.1 Å². The Morgan fingerprint density at radius 2 is 2.18 bits per heavy atom. The number of phenols is 1. The molecule has 2 rings (SSSR count). The van der Waals surface area contributed by atoms with Crippen molar-refractivity contribution in [3.8, 4) is 5.75 Å². The molecular weight excluding hydrogens is 240 g/mol. The predicted molar refractivity (Wildman–Crippen MR) is 65.2 cm³/mol. The van der Waals surface area contributed by atoms with Crippen molar-refractivity contribution in [1.29, 1.82) is 0 Å². The van der Waals surface area contributed by atoms with Gasteiger partial charge in [-0.2, -0.15) is 0 Å². The van der Waals surface area contributed by atoms with Crippen LogP contribution in [0.3, 0.4) is 0 Å². The van der Waals surface area contributed by atoms with Gasteiger partial charge in [0, 0.05) is 5.02 Å². The van der Waals surface area contributed by atoms with Crippen LogP contribution >= 0.6 is 11.6 Å². The maximum absolute atomic E-state index is 11.8. The van der Waals surface area contributed by atoms with E-state index in [1.807, 2.05) is 0 Å². The summed E-state index contributed by atoms with van der Waals surface area (Å²) < 4.78 is 5.05. The van der Waals surface area contributed by atoms with Crippen LogP contribution in [0.15, 0.2) is 47.1 Å². The number of hydrogen-bond donors (Lipinski definition) is 1. The fourth-order valence-electron chi connectivity index (χ4n) is 1.34. The van der Waals surface area contributed by atoms with Crippen LogP contribution in [-0.4, -0.2) is 10.9 Å². The first-order valence-electron chi connectivity index (χ1n) is 4.91. The summed E-state index contributed by atoms with van der Waals surface area (Å²) in [5.74, 6) is 0.143. The molecule has 0 unspecified atom stereocenters. The van der Waals surface area contributed by atoms with Gasteiger partial charge in [-0.15, -0.1) is 0 Å². The normalized spacial score (nSPS) is 10.9. The number of hydrogen-bond acceptors (Lipinski definition) is 3. The molecule has 0 radical (unpaired) electrons. The van der Waals surface area contributed by atoms with Gasteiger partial charge in [0.15, 0.2) is 5.78 Å². The van der Waals surface area contributed by atoms with Crippen molar-refractivity contribution >= 4 is 23.5 Å². The van der Waals surface area contributed by atoms with Crippen molar-refractivity contribution in [1.82, 2.24) is 0 Å². The second-order valence-electron chi connectivity index (χ2n) is 3.37. The van der Waals surface area contributed by atoms with Gasteiger partial charge in [-0.05, 0) is 42.5 Å². The molecule has 86 valence electrons. The van der Waals surface area contributed by atoms with Crippen molar-refractivity contribution in [2.24, 2.45) is 0 Å². The van der Waals surface area contributed by atoms with Gasteiger partial charge in [-0.1, -0.05) is 11.6 Å². The lowest BCUT2D eigenvalue weighted by molar-refractivity contribution is 0.104. The van der Waals surface area contributed by atoms with E-state index in [1.165, 1.54) is 36.6 Å². The van der Waals surface area contributed by atoms with E-state index in [0.29, 0.717) is 10.8 Å². The van der Waals surface area contributed by atoms with Crippen molar-refractivity contribution in [2.45, 2.75) is 0 Å². The van der Waals surface area contributed by atoms with E-state index in [4.69, 9.17) is 16.0 Å². The topological polar surface area (TPSA) is 50.4 Å². The van der Waals surface area contributed by atoms with Crippen LogP contribution in [0.5, 0.6) is 5.75 Å². The SMILES string of the molecule is O=C(/C=C\c1ccco1)c1cc(Cl)ccc1O. The molecule has 3 nitrogen and oxygen atoms in total. The number of phenolic OH excluding ortho intramolecular Hbond substituents is 1. The maximum Gasteiger partial charge on any atom is 0.189 e. The van der Waals surface area contributed by atoms with Gasteiger partial charge in [0.1, 0.15) is 11.5 Å². The molecular formula is C13H9ClO3. The Kier molecular flexibility index (Phi) is 3.30. The van der Waals surface area contributed by atoms with E-state index in [2.05, 4.69) is 0 Å². The Labute approximate surface area is 103 Å². The molecule has 0 aliphatic carbocycles. The number of halogens is 1. The number of carbonyl (C=O) groups is 1.